The molecule has 0 aromatic heterocycles. The highest BCUT2D eigenvalue weighted by molar-refractivity contribution is 5.75. The third kappa shape index (κ3) is 13.3. The quantitative estimate of drug-likeness (QED) is 0.196. The van der Waals surface area contributed by atoms with Crippen molar-refractivity contribution in [3.8, 4) is 0 Å². The highest BCUT2D eigenvalue weighted by Crippen LogP contribution is 2.30. The van der Waals surface area contributed by atoms with Crippen LogP contribution in [0.3, 0.4) is 0 Å². The third-order valence-electron chi connectivity index (χ3n) is 6.25. The fourth-order valence-electron chi connectivity index (χ4n) is 4.08. The van der Waals surface area contributed by atoms with Crippen LogP contribution < -0.4 is 0 Å². The van der Waals surface area contributed by atoms with Gasteiger partial charge in [-0.05, 0) is 50.4 Å². The van der Waals surface area contributed by atoms with Gasteiger partial charge in [-0.25, -0.2) is 0 Å². The molecule has 0 N–H and O–H groups in total. The summed E-state index contributed by atoms with van der Waals surface area (Å²) >= 11 is 0. The molecule has 0 saturated heterocycles. The molecule has 0 aromatic rings. The minimum absolute atomic E-state index is 0.0319. The summed E-state index contributed by atoms with van der Waals surface area (Å²) in [5.41, 5.74) is 0. The lowest BCUT2D eigenvalue weighted by Crippen LogP contribution is -2.28. The molecular weight excluding hydrogens is 376 g/mol. The van der Waals surface area contributed by atoms with Crippen molar-refractivity contribution in [2.24, 2.45) is 23.7 Å². The molecule has 0 amide bonds. The number of esters is 2. The zero-order valence-electron chi connectivity index (χ0n) is 20.3. The molecule has 0 heterocycles. The minimum atomic E-state index is -0.0811. The van der Waals surface area contributed by atoms with Gasteiger partial charge in [0.1, 0.15) is 0 Å². The molecule has 176 valence electrons. The van der Waals surface area contributed by atoms with Crippen LogP contribution in [0.25, 0.3) is 0 Å². The van der Waals surface area contributed by atoms with E-state index in [4.69, 9.17) is 9.47 Å². The van der Waals surface area contributed by atoms with E-state index in [1.54, 1.807) is 0 Å². The lowest BCUT2D eigenvalue weighted by atomic mass is 9.82. The normalized spacial score (nSPS) is 19.3. The molecule has 0 bridgehead atoms. The van der Waals surface area contributed by atoms with Crippen molar-refractivity contribution in [2.45, 2.75) is 118 Å². The topological polar surface area (TPSA) is 52.6 Å². The Morgan fingerprint density at radius 2 is 1.00 bits per heavy atom. The highest BCUT2D eigenvalue weighted by Gasteiger charge is 2.31. The van der Waals surface area contributed by atoms with E-state index < -0.39 is 0 Å². The van der Waals surface area contributed by atoms with E-state index in [2.05, 4.69) is 27.7 Å². The maximum Gasteiger partial charge on any atom is 0.308 e. The standard InChI is InChI=1S/C26H48O4/c1-21(2)13-11-9-7-5-6-8-10-12-19-29-25(27)23-14-16-24(17-15-23)26(28)30-20-18-22(3)4/h21-24H,5-20H2,1-4H3. The SMILES string of the molecule is CC(C)CCCCCCCCCCOC(=O)C1CCC(C(=O)OCCC(C)C)CC1. The fraction of sp³-hybridized carbons (Fsp3) is 0.923. The van der Waals surface area contributed by atoms with Crippen LogP contribution in [0.15, 0.2) is 0 Å². The lowest BCUT2D eigenvalue weighted by Gasteiger charge is -2.26. The summed E-state index contributed by atoms with van der Waals surface area (Å²) in [7, 11) is 0. The predicted octanol–water partition coefficient (Wildman–Crippen LogP) is 7.09. The summed E-state index contributed by atoms with van der Waals surface area (Å²) in [6, 6.07) is 0. The van der Waals surface area contributed by atoms with E-state index in [9.17, 15) is 9.59 Å². The molecule has 0 aromatic carbocycles. The zero-order chi connectivity index (χ0) is 22.2. The van der Waals surface area contributed by atoms with Crippen molar-refractivity contribution in [3.63, 3.8) is 0 Å². The van der Waals surface area contributed by atoms with Gasteiger partial charge in [-0.2, -0.15) is 0 Å². The van der Waals surface area contributed by atoms with Crippen molar-refractivity contribution in [1.82, 2.24) is 0 Å². The minimum Gasteiger partial charge on any atom is -0.465 e. The first-order chi connectivity index (χ1) is 14.4. The van der Waals surface area contributed by atoms with Gasteiger partial charge in [0.05, 0.1) is 25.0 Å². The number of ether oxygens (including phenoxy) is 2. The summed E-state index contributed by atoms with van der Waals surface area (Å²) in [5.74, 6) is 1.16. The van der Waals surface area contributed by atoms with Gasteiger partial charge in [0.15, 0.2) is 0 Å². The Balaban J connectivity index is 1.98. The maximum atomic E-state index is 12.3. The first-order valence-electron chi connectivity index (χ1n) is 12.7. The zero-order valence-corrected chi connectivity index (χ0v) is 20.3. The van der Waals surface area contributed by atoms with Crippen LogP contribution in [0.1, 0.15) is 118 Å². The van der Waals surface area contributed by atoms with E-state index >= 15 is 0 Å². The summed E-state index contributed by atoms with van der Waals surface area (Å²) in [5, 5.41) is 0. The van der Waals surface area contributed by atoms with E-state index in [-0.39, 0.29) is 23.8 Å². The summed E-state index contributed by atoms with van der Waals surface area (Å²) in [6.45, 7) is 9.90. The van der Waals surface area contributed by atoms with Crippen LogP contribution in [0.2, 0.25) is 0 Å². The molecule has 0 aliphatic heterocycles. The van der Waals surface area contributed by atoms with Crippen molar-refractivity contribution in [3.05, 3.63) is 0 Å². The van der Waals surface area contributed by atoms with Crippen molar-refractivity contribution in [2.75, 3.05) is 13.2 Å². The van der Waals surface area contributed by atoms with Gasteiger partial charge in [0.25, 0.3) is 0 Å². The lowest BCUT2D eigenvalue weighted by molar-refractivity contribution is -0.155. The molecule has 30 heavy (non-hydrogen) atoms. The Kier molecular flexibility index (Phi) is 14.9. The van der Waals surface area contributed by atoms with Gasteiger partial charge in [0.2, 0.25) is 0 Å². The highest BCUT2D eigenvalue weighted by atomic mass is 16.5. The van der Waals surface area contributed by atoms with Crippen LogP contribution in [-0.4, -0.2) is 25.2 Å². The maximum absolute atomic E-state index is 12.3. The molecule has 4 nitrogen and oxygen atoms in total. The predicted molar refractivity (Wildman–Crippen MR) is 123 cm³/mol. The van der Waals surface area contributed by atoms with Gasteiger partial charge in [0, 0.05) is 0 Å². The number of carbonyl (C=O) groups excluding carboxylic acids is 2. The molecule has 4 heteroatoms. The molecule has 0 unspecified atom stereocenters. The molecule has 1 aliphatic carbocycles. The molecule has 1 fully saturated rings. The van der Waals surface area contributed by atoms with Gasteiger partial charge < -0.3 is 9.47 Å². The van der Waals surface area contributed by atoms with Crippen molar-refractivity contribution in [1.29, 1.82) is 0 Å². The van der Waals surface area contributed by atoms with Gasteiger partial charge in [-0.3, -0.25) is 9.59 Å². The fourth-order valence-corrected chi connectivity index (χ4v) is 4.08. The van der Waals surface area contributed by atoms with Gasteiger partial charge >= 0.3 is 11.9 Å². The van der Waals surface area contributed by atoms with E-state index in [0.29, 0.717) is 19.1 Å². The van der Waals surface area contributed by atoms with E-state index in [1.807, 2.05) is 0 Å². The molecular formula is C26H48O4. The van der Waals surface area contributed by atoms with Crippen LogP contribution in [0.4, 0.5) is 0 Å². The molecule has 1 rings (SSSR count). The van der Waals surface area contributed by atoms with E-state index in [1.165, 1.54) is 44.9 Å². The van der Waals surface area contributed by atoms with Gasteiger partial charge in [-0.1, -0.05) is 79.1 Å². The van der Waals surface area contributed by atoms with Crippen LogP contribution in [-0.2, 0) is 19.1 Å². The second-order valence-electron chi connectivity index (χ2n) is 10.1. The average molecular weight is 425 g/mol. The van der Waals surface area contributed by atoms with E-state index in [0.717, 1.165) is 50.9 Å². The first-order valence-corrected chi connectivity index (χ1v) is 12.7. The van der Waals surface area contributed by atoms with Crippen LogP contribution >= 0.6 is 0 Å². The first kappa shape index (κ1) is 27.0. The number of hydrogen-bond donors (Lipinski definition) is 0. The summed E-state index contributed by atoms with van der Waals surface area (Å²) in [4.78, 5) is 24.4. The Morgan fingerprint density at radius 3 is 1.47 bits per heavy atom. The monoisotopic (exact) mass is 424 g/mol. The molecule has 0 spiro atoms. The average Bonchev–Trinajstić information content (AvgIpc) is 2.71. The Bertz CT molecular complexity index is 450. The molecule has 0 atom stereocenters. The number of carbonyl (C=O) groups is 2. The van der Waals surface area contributed by atoms with Crippen molar-refractivity contribution >= 4 is 11.9 Å². The number of unbranched alkanes of at least 4 members (excludes halogenated alkanes) is 7. The van der Waals surface area contributed by atoms with Crippen molar-refractivity contribution < 1.29 is 19.1 Å². The van der Waals surface area contributed by atoms with Crippen LogP contribution in [0.5, 0.6) is 0 Å². The second kappa shape index (κ2) is 16.6. The number of hydrogen-bond acceptors (Lipinski definition) is 4. The largest absolute Gasteiger partial charge is 0.465 e. The molecule has 0 radical (unpaired) electrons. The van der Waals surface area contributed by atoms with Crippen LogP contribution in [0, 0.1) is 23.7 Å². The summed E-state index contributed by atoms with van der Waals surface area (Å²) < 4.78 is 10.9. The third-order valence-corrected chi connectivity index (χ3v) is 6.25. The Hall–Kier alpha value is -1.06. The molecule has 1 aliphatic rings. The number of rotatable bonds is 16. The van der Waals surface area contributed by atoms with Gasteiger partial charge in [-0.15, -0.1) is 0 Å². The summed E-state index contributed by atoms with van der Waals surface area (Å²) in [6.07, 6.45) is 15.3. The smallest absolute Gasteiger partial charge is 0.308 e. The Labute approximate surface area is 185 Å². The second-order valence-corrected chi connectivity index (χ2v) is 10.1. The Morgan fingerprint density at radius 1 is 0.600 bits per heavy atom. The molecule has 1 saturated carbocycles.